The molecule has 0 spiro atoms. The number of hydrogen-bond acceptors (Lipinski definition) is 4. The van der Waals surface area contributed by atoms with Gasteiger partial charge in [0.1, 0.15) is 0 Å². The van der Waals surface area contributed by atoms with Crippen LogP contribution in [0, 0.1) is 23.7 Å². The first-order valence-corrected chi connectivity index (χ1v) is 11.0. The number of carbonyl (C=O) groups is 2. The molecule has 0 unspecified atom stereocenters. The molecule has 0 aliphatic heterocycles. The molecule has 0 aromatic carbocycles. The molecule has 0 aromatic heterocycles. The summed E-state index contributed by atoms with van der Waals surface area (Å²) >= 11 is 0. The Kier molecular flexibility index (Phi) is 9.27. The van der Waals surface area contributed by atoms with Gasteiger partial charge in [0.05, 0.1) is 13.2 Å². The molecule has 0 aromatic rings. The zero-order valence-corrected chi connectivity index (χ0v) is 17.8. The lowest BCUT2D eigenvalue weighted by atomic mass is 9.68. The van der Waals surface area contributed by atoms with E-state index in [1.807, 2.05) is 0 Å². The van der Waals surface area contributed by atoms with Gasteiger partial charge in [-0.1, -0.05) is 38.8 Å². The average Bonchev–Trinajstić information content (AvgIpc) is 2.68. The molecule has 0 amide bonds. The summed E-state index contributed by atoms with van der Waals surface area (Å²) in [4.78, 5) is 22.9. The number of carbonyl (C=O) groups excluding carboxylic acids is 2. The Morgan fingerprint density at radius 1 is 0.679 bits per heavy atom. The lowest BCUT2D eigenvalue weighted by molar-refractivity contribution is -0.140. The van der Waals surface area contributed by atoms with E-state index in [0.29, 0.717) is 36.2 Å². The highest BCUT2D eigenvalue weighted by atomic mass is 16.5. The van der Waals surface area contributed by atoms with Crippen LogP contribution in [0.5, 0.6) is 0 Å². The predicted octanol–water partition coefficient (Wildman–Crippen LogP) is 5.62. The van der Waals surface area contributed by atoms with Crippen molar-refractivity contribution in [2.24, 2.45) is 23.7 Å². The van der Waals surface area contributed by atoms with Crippen molar-refractivity contribution < 1.29 is 19.1 Å². The van der Waals surface area contributed by atoms with Crippen molar-refractivity contribution in [1.29, 1.82) is 0 Å². The highest BCUT2D eigenvalue weighted by Crippen LogP contribution is 2.42. The van der Waals surface area contributed by atoms with Crippen LogP contribution in [0.1, 0.15) is 78.1 Å². The summed E-state index contributed by atoms with van der Waals surface area (Å²) < 4.78 is 10.5. The van der Waals surface area contributed by atoms with Crippen LogP contribution in [-0.4, -0.2) is 25.2 Å². The predicted molar refractivity (Wildman–Crippen MR) is 112 cm³/mol. The van der Waals surface area contributed by atoms with E-state index in [1.165, 1.54) is 51.4 Å². The average molecular weight is 391 g/mol. The first-order chi connectivity index (χ1) is 13.4. The second kappa shape index (κ2) is 11.4. The summed E-state index contributed by atoms with van der Waals surface area (Å²) in [6.45, 7) is 11.7. The number of hydrogen-bond donors (Lipinski definition) is 0. The Morgan fingerprint density at radius 2 is 1.00 bits per heavy atom. The Morgan fingerprint density at radius 3 is 1.29 bits per heavy atom. The molecule has 0 atom stereocenters. The third-order valence-corrected chi connectivity index (χ3v) is 6.66. The van der Waals surface area contributed by atoms with E-state index in [9.17, 15) is 9.59 Å². The molecule has 0 saturated heterocycles. The van der Waals surface area contributed by atoms with Gasteiger partial charge in [-0.3, -0.25) is 0 Å². The van der Waals surface area contributed by atoms with Crippen molar-refractivity contribution in [3.05, 3.63) is 24.3 Å². The minimum absolute atomic E-state index is 0.264. The van der Waals surface area contributed by atoms with Crippen LogP contribution in [0.4, 0.5) is 0 Å². The van der Waals surface area contributed by atoms with E-state index in [0.717, 1.165) is 24.7 Å². The van der Waals surface area contributed by atoms with Gasteiger partial charge >= 0.3 is 11.9 Å². The van der Waals surface area contributed by atoms with Gasteiger partial charge in [0.25, 0.3) is 0 Å². The molecule has 2 saturated carbocycles. The third kappa shape index (κ3) is 7.44. The topological polar surface area (TPSA) is 52.6 Å². The van der Waals surface area contributed by atoms with E-state index in [4.69, 9.17) is 9.47 Å². The van der Waals surface area contributed by atoms with Gasteiger partial charge in [-0.2, -0.15) is 0 Å². The van der Waals surface area contributed by atoms with E-state index < -0.39 is 0 Å². The van der Waals surface area contributed by atoms with Gasteiger partial charge in [-0.25, -0.2) is 9.59 Å². The number of esters is 2. The van der Waals surface area contributed by atoms with E-state index in [2.05, 4.69) is 13.2 Å². The quantitative estimate of drug-likeness (QED) is 0.379. The Balaban J connectivity index is 1.58. The normalized spacial score (nSPS) is 27.6. The molecule has 4 nitrogen and oxygen atoms in total. The third-order valence-electron chi connectivity index (χ3n) is 6.66. The van der Waals surface area contributed by atoms with Gasteiger partial charge in [0.2, 0.25) is 0 Å². The maximum Gasteiger partial charge on any atom is 0.333 e. The van der Waals surface area contributed by atoms with Gasteiger partial charge < -0.3 is 9.47 Å². The zero-order valence-electron chi connectivity index (χ0n) is 17.8. The van der Waals surface area contributed by atoms with Gasteiger partial charge in [0.15, 0.2) is 0 Å². The van der Waals surface area contributed by atoms with Crippen LogP contribution in [0.3, 0.4) is 0 Å². The lowest BCUT2D eigenvalue weighted by Gasteiger charge is -2.38. The van der Waals surface area contributed by atoms with Crippen molar-refractivity contribution in [3.8, 4) is 0 Å². The minimum atomic E-state index is -0.264. The first-order valence-electron chi connectivity index (χ1n) is 11.0. The van der Waals surface area contributed by atoms with Crippen molar-refractivity contribution in [3.63, 3.8) is 0 Å². The molecule has 2 fully saturated rings. The van der Waals surface area contributed by atoms with Gasteiger partial charge in [-0.15, -0.1) is 0 Å². The largest absolute Gasteiger partial charge is 0.462 e. The highest BCUT2D eigenvalue weighted by molar-refractivity contribution is 5.87. The molecule has 4 heteroatoms. The Labute approximate surface area is 170 Å². The molecule has 2 aliphatic rings. The molecule has 0 radical (unpaired) electrons. The number of rotatable bonds is 9. The summed E-state index contributed by atoms with van der Waals surface area (Å²) in [6, 6.07) is 0. The van der Waals surface area contributed by atoms with Gasteiger partial charge in [-0.05, 0) is 76.0 Å². The molecular weight excluding hydrogens is 352 g/mol. The lowest BCUT2D eigenvalue weighted by Crippen LogP contribution is -2.26. The summed E-state index contributed by atoms with van der Waals surface area (Å²) in [7, 11) is 0. The SMILES string of the molecule is C=C(C)C(=O)OCCC1CCC(C2CCC(CCOC(=O)C(=C)C)CC2)CC1. The van der Waals surface area contributed by atoms with Crippen LogP contribution >= 0.6 is 0 Å². The summed E-state index contributed by atoms with van der Waals surface area (Å²) in [5.74, 6) is 2.62. The summed E-state index contributed by atoms with van der Waals surface area (Å²) in [6.07, 6.45) is 12.4. The molecule has 0 N–H and O–H groups in total. The van der Waals surface area contributed by atoms with Crippen molar-refractivity contribution in [2.45, 2.75) is 78.1 Å². The van der Waals surface area contributed by atoms with Crippen molar-refractivity contribution >= 4 is 11.9 Å². The molecule has 2 aliphatic carbocycles. The van der Waals surface area contributed by atoms with Gasteiger partial charge in [0, 0.05) is 11.1 Å². The van der Waals surface area contributed by atoms with Crippen LogP contribution in [-0.2, 0) is 19.1 Å². The van der Waals surface area contributed by atoms with E-state index in [-0.39, 0.29) is 11.9 Å². The standard InChI is InChI=1S/C24H38O4/c1-17(2)23(25)27-15-13-19-5-9-21(10-6-19)22-11-7-20(8-12-22)14-16-28-24(26)18(3)4/h19-22H,1,3,5-16H2,2,4H3. The summed E-state index contributed by atoms with van der Waals surface area (Å²) in [5.41, 5.74) is 0.960. The second-order valence-corrected chi connectivity index (χ2v) is 8.97. The maximum atomic E-state index is 11.4. The van der Waals surface area contributed by atoms with Crippen LogP contribution in [0.15, 0.2) is 24.3 Å². The van der Waals surface area contributed by atoms with E-state index in [1.54, 1.807) is 13.8 Å². The second-order valence-electron chi connectivity index (χ2n) is 8.97. The van der Waals surface area contributed by atoms with Crippen LogP contribution < -0.4 is 0 Å². The molecule has 158 valence electrons. The molecule has 0 heterocycles. The van der Waals surface area contributed by atoms with Crippen molar-refractivity contribution in [2.75, 3.05) is 13.2 Å². The summed E-state index contributed by atoms with van der Waals surface area (Å²) in [5, 5.41) is 0. The van der Waals surface area contributed by atoms with Crippen LogP contribution in [0.25, 0.3) is 0 Å². The fourth-order valence-corrected chi connectivity index (χ4v) is 4.78. The van der Waals surface area contributed by atoms with Crippen LogP contribution in [0.2, 0.25) is 0 Å². The highest BCUT2D eigenvalue weighted by Gasteiger charge is 2.30. The fraction of sp³-hybridized carbons (Fsp3) is 0.750. The Bertz CT molecular complexity index is 499. The fourth-order valence-electron chi connectivity index (χ4n) is 4.78. The first kappa shape index (κ1) is 22.7. The van der Waals surface area contributed by atoms with E-state index >= 15 is 0 Å². The Hall–Kier alpha value is -1.58. The monoisotopic (exact) mass is 390 g/mol. The zero-order chi connectivity index (χ0) is 20.5. The maximum absolute atomic E-state index is 11.4. The number of ether oxygens (including phenoxy) is 2. The molecule has 0 bridgehead atoms. The smallest absolute Gasteiger partial charge is 0.333 e. The van der Waals surface area contributed by atoms with Crippen molar-refractivity contribution in [1.82, 2.24) is 0 Å². The molecular formula is C24H38O4. The minimum Gasteiger partial charge on any atom is -0.462 e. The molecule has 2 rings (SSSR count). The molecule has 28 heavy (non-hydrogen) atoms.